The number of primary amides is 1. The van der Waals surface area contributed by atoms with E-state index in [0.717, 1.165) is 4.88 Å². The van der Waals surface area contributed by atoms with E-state index in [1.807, 2.05) is 24.4 Å². The SMILES string of the molecule is CC(Cc1cccs1)NC(=O)N[C@H](CC(N)=O)C(=O)O. The maximum Gasteiger partial charge on any atom is 0.326 e. The Balaban J connectivity index is 2.44. The molecular weight excluding hydrogens is 282 g/mol. The van der Waals surface area contributed by atoms with E-state index in [4.69, 9.17) is 10.8 Å². The molecule has 1 unspecified atom stereocenters. The van der Waals surface area contributed by atoms with Gasteiger partial charge in [0.2, 0.25) is 5.91 Å². The van der Waals surface area contributed by atoms with Gasteiger partial charge in [0.15, 0.2) is 0 Å². The van der Waals surface area contributed by atoms with Crippen LogP contribution >= 0.6 is 11.3 Å². The molecule has 8 heteroatoms. The Bertz CT molecular complexity index is 475. The van der Waals surface area contributed by atoms with Gasteiger partial charge in [-0.05, 0) is 18.4 Å². The Kier molecular flexibility index (Phi) is 5.98. The van der Waals surface area contributed by atoms with Crippen LogP contribution < -0.4 is 16.4 Å². The molecule has 1 aromatic rings. The number of carboxylic acid groups (broad SMARTS) is 1. The molecule has 0 aromatic carbocycles. The number of aliphatic carboxylic acids is 1. The van der Waals surface area contributed by atoms with E-state index in [9.17, 15) is 14.4 Å². The summed E-state index contributed by atoms with van der Waals surface area (Å²) in [5.74, 6) is -2.09. The molecule has 0 bridgehead atoms. The van der Waals surface area contributed by atoms with Gasteiger partial charge in [-0.3, -0.25) is 4.79 Å². The first-order valence-corrected chi connectivity index (χ1v) is 6.87. The summed E-state index contributed by atoms with van der Waals surface area (Å²) in [4.78, 5) is 34.3. The van der Waals surface area contributed by atoms with Gasteiger partial charge in [-0.25, -0.2) is 9.59 Å². The number of amides is 3. The zero-order valence-corrected chi connectivity index (χ0v) is 11.8. The van der Waals surface area contributed by atoms with Crippen molar-refractivity contribution in [3.05, 3.63) is 22.4 Å². The van der Waals surface area contributed by atoms with Gasteiger partial charge in [0.25, 0.3) is 0 Å². The lowest BCUT2D eigenvalue weighted by molar-refractivity contribution is -0.140. The van der Waals surface area contributed by atoms with Crippen molar-refractivity contribution in [3.8, 4) is 0 Å². The molecule has 20 heavy (non-hydrogen) atoms. The number of hydrogen-bond acceptors (Lipinski definition) is 4. The first-order valence-electron chi connectivity index (χ1n) is 5.99. The van der Waals surface area contributed by atoms with Gasteiger partial charge in [-0.2, -0.15) is 0 Å². The molecule has 0 saturated carbocycles. The average molecular weight is 299 g/mol. The third-order valence-corrected chi connectivity index (χ3v) is 3.37. The molecule has 3 amide bonds. The van der Waals surface area contributed by atoms with E-state index < -0.39 is 30.4 Å². The molecule has 1 aromatic heterocycles. The maximum atomic E-state index is 11.6. The highest BCUT2D eigenvalue weighted by Gasteiger charge is 2.22. The summed E-state index contributed by atoms with van der Waals surface area (Å²) >= 11 is 1.58. The second-order valence-electron chi connectivity index (χ2n) is 4.36. The highest BCUT2D eigenvalue weighted by Crippen LogP contribution is 2.10. The van der Waals surface area contributed by atoms with Crippen molar-refractivity contribution in [1.29, 1.82) is 0 Å². The number of urea groups is 1. The van der Waals surface area contributed by atoms with E-state index in [1.54, 1.807) is 11.3 Å². The third kappa shape index (κ3) is 5.70. The average Bonchev–Trinajstić information content (AvgIpc) is 2.79. The van der Waals surface area contributed by atoms with Crippen LogP contribution in [0.5, 0.6) is 0 Å². The van der Waals surface area contributed by atoms with Gasteiger partial charge in [0, 0.05) is 17.3 Å². The molecule has 0 saturated heterocycles. The summed E-state index contributed by atoms with van der Waals surface area (Å²) in [5, 5.41) is 15.6. The van der Waals surface area contributed by atoms with Gasteiger partial charge in [-0.15, -0.1) is 11.3 Å². The van der Waals surface area contributed by atoms with E-state index in [2.05, 4.69) is 10.6 Å². The topological polar surface area (TPSA) is 122 Å². The van der Waals surface area contributed by atoms with Crippen LogP contribution in [0.2, 0.25) is 0 Å². The second kappa shape index (κ2) is 7.49. The molecule has 7 nitrogen and oxygen atoms in total. The van der Waals surface area contributed by atoms with E-state index in [1.165, 1.54) is 0 Å². The fraction of sp³-hybridized carbons (Fsp3) is 0.417. The minimum atomic E-state index is -1.32. The Morgan fingerprint density at radius 1 is 1.40 bits per heavy atom. The summed E-state index contributed by atoms with van der Waals surface area (Å²) in [7, 11) is 0. The molecular formula is C12H17N3O4S. The van der Waals surface area contributed by atoms with E-state index in [0.29, 0.717) is 6.42 Å². The lowest BCUT2D eigenvalue weighted by Gasteiger charge is -2.17. The number of carbonyl (C=O) groups excluding carboxylic acids is 2. The number of hydrogen-bond donors (Lipinski definition) is 4. The van der Waals surface area contributed by atoms with Crippen molar-refractivity contribution >= 4 is 29.2 Å². The van der Waals surface area contributed by atoms with Crippen molar-refractivity contribution in [2.75, 3.05) is 0 Å². The van der Waals surface area contributed by atoms with Crippen LogP contribution in [0, 0.1) is 0 Å². The lowest BCUT2D eigenvalue weighted by Crippen LogP contribution is -2.50. The predicted molar refractivity (Wildman–Crippen MR) is 74.4 cm³/mol. The van der Waals surface area contributed by atoms with Gasteiger partial charge < -0.3 is 21.5 Å². The van der Waals surface area contributed by atoms with Crippen LogP contribution in [-0.4, -0.2) is 35.1 Å². The van der Waals surface area contributed by atoms with Crippen molar-refractivity contribution in [2.24, 2.45) is 5.73 Å². The van der Waals surface area contributed by atoms with Crippen LogP contribution in [0.15, 0.2) is 17.5 Å². The summed E-state index contributed by atoms with van der Waals surface area (Å²) < 4.78 is 0. The number of carboxylic acids is 1. The van der Waals surface area contributed by atoms with Gasteiger partial charge in [0.1, 0.15) is 6.04 Å². The van der Waals surface area contributed by atoms with Crippen molar-refractivity contribution in [2.45, 2.75) is 31.8 Å². The summed E-state index contributed by atoms with van der Waals surface area (Å²) in [5.41, 5.74) is 4.93. The van der Waals surface area contributed by atoms with E-state index >= 15 is 0 Å². The molecule has 110 valence electrons. The zero-order chi connectivity index (χ0) is 15.1. The minimum Gasteiger partial charge on any atom is -0.480 e. The molecule has 0 aliphatic rings. The highest BCUT2D eigenvalue weighted by atomic mass is 32.1. The van der Waals surface area contributed by atoms with E-state index in [-0.39, 0.29) is 6.04 Å². The molecule has 0 aliphatic heterocycles. The highest BCUT2D eigenvalue weighted by molar-refractivity contribution is 7.09. The first kappa shape index (κ1) is 16.0. The standard InChI is InChI=1S/C12H17N3O4S/c1-7(5-8-3-2-4-20-8)14-12(19)15-9(11(17)18)6-10(13)16/h2-4,7,9H,5-6H2,1H3,(H2,13,16)(H,17,18)(H2,14,15,19)/t7?,9-/m1/s1. The maximum absolute atomic E-state index is 11.6. The number of nitrogens with two attached hydrogens (primary N) is 1. The van der Waals surface area contributed by atoms with Crippen LogP contribution in [0.4, 0.5) is 4.79 Å². The smallest absolute Gasteiger partial charge is 0.326 e. The number of carbonyl (C=O) groups is 3. The van der Waals surface area contributed by atoms with Gasteiger partial charge in [-0.1, -0.05) is 6.07 Å². The fourth-order valence-corrected chi connectivity index (χ4v) is 2.44. The quantitative estimate of drug-likeness (QED) is 0.578. The Morgan fingerprint density at radius 3 is 2.60 bits per heavy atom. The second-order valence-corrected chi connectivity index (χ2v) is 5.40. The normalized spacial score (nSPS) is 13.2. The molecule has 0 aliphatic carbocycles. The fourth-order valence-electron chi connectivity index (χ4n) is 1.61. The van der Waals surface area contributed by atoms with Crippen molar-refractivity contribution < 1.29 is 19.5 Å². The molecule has 1 heterocycles. The molecule has 5 N–H and O–H groups in total. The van der Waals surface area contributed by atoms with Crippen LogP contribution in [0.25, 0.3) is 0 Å². The summed E-state index contributed by atoms with van der Waals surface area (Å²) in [6.45, 7) is 1.81. The molecule has 2 atom stereocenters. The van der Waals surface area contributed by atoms with Crippen molar-refractivity contribution in [3.63, 3.8) is 0 Å². The van der Waals surface area contributed by atoms with Crippen molar-refractivity contribution in [1.82, 2.24) is 10.6 Å². The Labute approximate surface area is 120 Å². The molecule has 1 rings (SSSR count). The van der Waals surface area contributed by atoms with Crippen LogP contribution in [0.3, 0.4) is 0 Å². The number of rotatable bonds is 7. The molecule has 0 spiro atoms. The Morgan fingerprint density at radius 2 is 2.10 bits per heavy atom. The first-order chi connectivity index (χ1) is 9.38. The van der Waals surface area contributed by atoms with Crippen LogP contribution in [-0.2, 0) is 16.0 Å². The lowest BCUT2D eigenvalue weighted by atomic mass is 10.2. The van der Waals surface area contributed by atoms with Gasteiger partial charge >= 0.3 is 12.0 Å². The van der Waals surface area contributed by atoms with Gasteiger partial charge in [0.05, 0.1) is 6.42 Å². The summed E-state index contributed by atoms with van der Waals surface area (Å²) in [6, 6.07) is 1.76. The Hall–Kier alpha value is -2.09. The predicted octanol–water partition coefficient (Wildman–Crippen LogP) is 0.307. The largest absolute Gasteiger partial charge is 0.480 e. The minimum absolute atomic E-state index is 0.156. The molecule has 0 fully saturated rings. The number of thiophene rings is 1. The number of nitrogens with one attached hydrogen (secondary N) is 2. The summed E-state index contributed by atoms with van der Waals surface area (Å²) in [6.07, 6.45) is 0.209. The third-order valence-electron chi connectivity index (χ3n) is 2.47. The van der Waals surface area contributed by atoms with Crippen LogP contribution in [0.1, 0.15) is 18.2 Å². The monoisotopic (exact) mass is 299 g/mol. The molecule has 0 radical (unpaired) electrons. The zero-order valence-electron chi connectivity index (χ0n) is 11.0.